The summed E-state index contributed by atoms with van der Waals surface area (Å²) in [6.07, 6.45) is 1.85. The standard InChI is InChI=1S/C16H21FN2O3/c1-22-11-8-15(20)19-9-6-14(7-10-19)18-16(21)12-2-4-13(17)5-3-12/h2-5,14H,6-11H2,1H3,(H,18,21). The summed E-state index contributed by atoms with van der Waals surface area (Å²) in [5, 5.41) is 2.93. The molecule has 22 heavy (non-hydrogen) atoms. The van der Waals surface area contributed by atoms with Gasteiger partial charge in [-0.05, 0) is 37.1 Å². The Morgan fingerprint density at radius 3 is 2.50 bits per heavy atom. The number of carbonyl (C=O) groups excluding carboxylic acids is 2. The van der Waals surface area contributed by atoms with Crippen LogP contribution in [0.15, 0.2) is 24.3 Å². The first-order chi connectivity index (χ1) is 10.6. The van der Waals surface area contributed by atoms with E-state index in [0.717, 1.165) is 12.8 Å². The maximum atomic E-state index is 12.8. The minimum atomic E-state index is -0.362. The van der Waals surface area contributed by atoms with E-state index in [-0.39, 0.29) is 23.7 Å². The molecule has 5 nitrogen and oxygen atoms in total. The van der Waals surface area contributed by atoms with E-state index in [1.54, 1.807) is 12.0 Å². The van der Waals surface area contributed by atoms with Gasteiger partial charge in [0.1, 0.15) is 5.82 Å². The molecule has 0 aromatic heterocycles. The molecule has 1 N–H and O–H groups in total. The van der Waals surface area contributed by atoms with Gasteiger partial charge in [-0.1, -0.05) is 0 Å². The summed E-state index contributed by atoms with van der Waals surface area (Å²) in [5.74, 6) is -0.478. The van der Waals surface area contributed by atoms with E-state index in [0.29, 0.717) is 31.7 Å². The van der Waals surface area contributed by atoms with Gasteiger partial charge >= 0.3 is 0 Å². The number of ether oxygens (including phenoxy) is 1. The van der Waals surface area contributed by atoms with Crippen molar-refractivity contribution < 1.29 is 18.7 Å². The number of carbonyl (C=O) groups is 2. The first-order valence-electron chi connectivity index (χ1n) is 7.43. The Morgan fingerprint density at radius 1 is 1.27 bits per heavy atom. The Morgan fingerprint density at radius 2 is 1.91 bits per heavy atom. The normalized spacial score (nSPS) is 15.6. The summed E-state index contributed by atoms with van der Waals surface area (Å²) < 4.78 is 17.7. The molecule has 0 spiro atoms. The van der Waals surface area contributed by atoms with Crippen LogP contribution in [0.25, 0.3) is 0 Å². The summed E-state index contributed by atoms with van der Waals surface area (Å²) in [6.45, 7) is 1.70. The van der Waals surface area contributed by atoms with Gasteiger partial charge in [0, 0.05) is 31.8 Å². The molecule has 1 saturated heterocycles. The highest BCUT2D eigenvalue weighted by molar-refractivity contribution is 5.94. The van der Waals surface area contributed by atoms with Crippen LogP contribution in [-0.2, 0) is 9.53 Å². The molecule has 2 amide bonds. The number of hydrogen-bond acceptors (Lipinski definition) is 3. The summed E-state index contributed by atoms with van der Waals surface area (Å²) in [6, 6.07) is 5.52. The number of nitrogens with one attached hydrogen (secondary N) is 1. The van der Waals surface area contributed by atoms with Crippen LogP contribution >= 0.6 is 0 Å². The number of likely N-dealkylation sites (tertiary alicyclic amines) is 1. The average Bonchev–Trinajstić information content (AvgIpc) is 2.54. The minimum Gasteiger partial charge on any atom is -0.384 e. The van der Waals surface area contributed by atoms with Crippen LogP contribution in [0.4, 0.5) is 4.39 Å². The first kappa shape index (κ1) is 16.4. The van der Waals surface area contributed by atoms with Crippen LogP contribution in [0.5, 0.6) is 0 Å². The lowest BCUT2D eigenvalue weighted by molar-refractivity contribution is -0.133. The average molecular weight is 308 g/mol. The van der Waals surface area contributed by atoms with Gasteiger partial charge in [-0.15, -0.1) is 0 Å². The predicted octanol–water partition coefficient (Wildman–Crippen LogP) is 1.58. The Bertz CT molecular complexity index is 511. The molecule has 0 saturated carbocycles. The molecular formula is C16H21FN2O3. The lowest BCUT2D eigenvalue weighted by atomic mass is 10.0. The van der Waals surface area contributed by atoms with E-state index in [9.17, 15) is 14.0 Å². The Balaban J connectivity index is 1.78. The third-order valence-corrected chi connectivity index (χ3v) is 3.81. The van der Waals surface area contributed by atoms with Gasteiger partial charge in [0.2, 0.25) is 5.91 Å². The quantitative estimate of drug-likeness (QED) is 0.898. The Kier molecular flexibility index (Phi) is 5.89. The van der Waals surface area contributed by atoms with E-state index in [1.807, 2.05) is 0 Å². The fraction of sp³-hybridized carbons (Fsp3) is 0.500. The molecule has 6 heteroatoms. The number of methoxy groups -OCH3 is 1. The summed E-state index contributed by atoms with van der Waals surface area (Å²) >= 11 is 0. The van der Waals surface area contributed by atoms with Crippen LogP contribution in [0.3, 0.4) is 0 Å². The van der Waals surface area contributed by atoms with Crippen LogP contribution < -0.4 is 5.32 Å². The van der Waals surface area contributed by atoms with E-state index >= 15 is 0 Å². The van der Waals surface area contributed by atoms with Gasteiger partial charge in [-0.25, -0.2) is 4.39 Å². The maximum absolute atomic E-state index is 12.8. The smallest absolute Gasteiger partial charge is 0.251 e. The second kappa shape index (κ2) is 7.89. The molecule has 1 heterocycles. The third kappa shape index (κ3) is 4.53. The highest BCUT2D eigenvalue weighted by atomic mass is 19.1. The minimum absolute atomic E-state index is 0.0454. The molecule has 0 atom stereocenters. The zero-order chi connectivity index (χ0) is 15.9. The molecule has 0 bridgehead atoms. The molecule has 1 aliphatic heterocycles. The first-order valence-corrected chi connectivity index (χ1v) is 7.43. The number of rotatable bonds is 5. The lowest BCUT2D eigenvalue weighted by Crippen LogP contribution is -2.46. The van der Waals surface area contributed by atoms with Crippen molar-refractivity contribution in [2.75, 3.05) is 26.8 Å². The second-order valence-corrected chi connectivity index (χ2v) is 5.38. The van der Waals surface area contributed by atoms with Gasteiger partial charge in [0.05, 0.1) is 13.0 Å². The Labute approximate surface area is 129 Å². The van der Waals surface area contributed by atoms with Gasteiger partial charge in [-0.3, -0.25) is 9.59 Å². The van der Waals surface area contributed by atoms with E-state index < -0.39 is 0 Å². The fourth-order valence-corrected chi connectivity index (χ4v) is 2.49. The summed E-state index contributed by atoms with van der Waals surface area (Å²) in [5.41, 5.74) is 0.444. The van der Waals surface area contributed by atoms with Gasteiger partial charge in [-0.2, -0.15) is 0 Å². The molecule has 0 radical (unpaired) electrons. The molecule has 2 rings (SSSR count). The number of halogens is 1. The number of piperidine rings is 1. The van der Waals surface area contributed by atoms with Crippen LogP contribution in [0, 0.1) is 5.82 Å². The van der Waals surface area contributed by atoms with Gasteiger partial charge in [0.15, 0.2) is 0 Å². The molecule has 1 aliphatic rings. The molecule has 1 fully saturated rings. The predicted molar refractivity (Wildman–Crippen MR) is 80.0 cm³/mol. The molecule has 0 aliphatic carbocycles. The third-order valence-electron chi connectivity index (χ3n) is 3.81. The maximum Gasteiger partial charge on any atom is 0.251 e. The van der Waals surface area contributed by atoms with Crippen LogP contribution in [0.2, 0.25) is 0 Å². The highest BCUT2D eigenvalue weighted by Gasteiger charge is 2.23. The van der Waals surface area contributed by atoms with Crippen molar-refractivity contribution in [3.05, 3.63) is 35.6 Å². The Hall–Kier alpha value is -1.95. The topological polar surface area (TPSA) is 58.6 Å². The SMILES string of the molecule is COCCC(=O)N1CCC(NC(=O)c2ccc(F)cc2)CC1. The van der Waals surface area contributed by atoms with Gasteiger partial charge in [0.25, 0.3) is 5.91 Å². The highest BCUT2D eigenvalue weighted by Crippen LogP contribution is 2.12. The molecule has 1 aromatic rings. The molecular weight excluding hydrogens is 287 g/mol. The fourth-order valence-electron chi connectivity index (χ4n) is 2.49. The van der Waals surface area contributed by atoms with Crippen LogP contribution in [0.1, 0.15) is 29.6 Å². The summed E-state index contributed by atoms with van der Waals surface area (Å²) in [7, 11) is 1.57. The number of hydrogen-bond donors (Lipinski definition) is 1. The molecule has 1 aromatic carbocycles. The zero-order valence-corrected chi connectivity index (χ0v) is 12.7. The zero-order valence-electron chi connectivity index (χ0n) is 12.7. The largest absolute Gasteiger partial charge is 0.384 e. The number of nitrogens with zero attached hydrogens (tertiary/aromatic N) is 1. The van der Waals surface area contributed by atoms with Crippen molar-refractivity contribution in [2.24, 2.45) is 0 Å². The van der Waals surface area contributed by atoms with Crippen molar-refractivity contribution >= 4 is 11.8 Å². The second-order valence-electron chi connectivity index (χ2n) is 5.38. The molecule has 120 valence electrons. The van der Waals surface area contributed by atoms with Crippen molar-refractivity contribution in [1.29, 1.82) is 0 Å². The van der Waals surface area contributed by atoms with E-state index in [4.69, 9.17) is 4.74 Å². The number of amides is 2. The van der Waals surface area contributed by atoms with Crippen molar-refractivity contribution in [1.82, 2.24) is 10.2 Å². The molecule has 0 unspecified atom stereocenters. The lowest BCUT2D eigenvalue weighted by Gasteiger charge is -2.32. The van der Waals surface area contributed by atoms with Crippen molar-refractivity contribution in [2.45, 2.75) is 25.3 Å². The van der Waals surface area contributed by atoms with Crippen molar-refractivity contribution in [3.8, 4) is 0 Å². The van der Waals surface area contributed by atoms with Crippen molar-refractivity contribution in [3.63, 3.8) is 0 Å². The van der Waals surface area contributed by atoms with E-state index in [1.165, 1.54) is 24.3 Å². The number of benzene rings is 1. The van der Waals surface area contributed by atoms with E-state index in [2.05, 4.69) is 5.32 Å². The monoisotopic (exact) mass is 308 g/mol. The van der Waals surface area contributed by atoms with Gasteiger partial charge < -0.3 is 15.0 Å². The van der Waals surface area contributed by atoms with Crippen LogP contribution in [-0.4, -0.2) is 49.6 Å². The summed E-state index contributed by atoms with van der Waals surface area (Å²) in [4.78, 5) is 25.7.